The lowest BCUT2D eigenvalue weighted by Gasteiger charge is -2.20. The average molecular weight is 631 g/mol. The van der Waals surface area contributed by atoms with Crippen LogP contribution in [0.5, 0.6) is 0 Å². The van der Waals surface area contributed by atoms with Gasteiger partial charge in [-0.25, -0.2) is 0 Å². The summed E-state index contributed by atoms with van der Waals surface area (Å²) in [6.45, 7) is 0. The van der Waals surface area contributed by atoms with Crippen molar-refractivity contribution in [2.45, 2.75) is 0 Å². The fourth-order valence-corrected chi connectivity index (χ4v) is 9.99. The highest BCUT2D eigenvalue weighted by atomic mass is 31.2. The molecule has 9 aromatic carbocycles. The Morgan fingerprint density at radius 1 is 0.292 bits per heavy atom. The maximum Gasteiger partial charge on any atom is 0.171 e. The zero-order valence-corrected chi connectivity index (χ0v) is 27.1. The van der Waals surface area contributed by atoms with Crippen molar-refractivity contribution in [1.29, 1.82) is 0 Å². The molecule has 0 aliphatic carbocycles. The summed E-state index contributed by atoms with van der Waals surface area (Å²) in [4.78, 5) is 0. The Morgan fingerprint density at radius 3 is 1.33 bits per heavy atom. The SMILES string of the molecule is O=P(c1ccccc1)(c1ccccc1)c1ccc(-c2ccc(-c3cc4c(ccc5c6ccccc6ccc54)c4ccccc34)cc2)cc1. The second-order valence-electron chi connectivity index (χ2n) is 12.4. The van der Waals surface area contributed by atoms with Crippen LogP contribution in [0.15, 0.2) is 188 Å². The molecule has 0 saturated carbocycles. The van der Waals surface area contributed by atoms with Crippen LogP contribution in [0.4, 0.5) is 0 Å². The highest BCUT2D eigenvalue weighted by Gasteiger charge is 2.29. The Balaban J connectivity index is 1.13. The fraction of sp³-hybridized carbons (Fsp3) is 0. The van der Waals surface area contributed by atoms with Gasteiger partial charge in [0.1, 0.15) is 0 Å². The van der Waals surface area contributed by atoms with Gasteiger partial charge in [0.05, 0.1) is 0 Å². The molecule has 0 amide bonds. The Hall–Kier alpha value is -5.75. The number of fused-ring (bicyclic) bond motifs is 7. The monoisotopic (exact) mass is 630 g/mol. The third-order valence-corrected chi connectivity index (χ3v) is 12.8. The first-order chi connectivity index (χ1) is 23.7. The molecule has 0 unspecified atom stereocenters. The van der Waals surface area contributed by atoms with Gasteiger partial charge in [-0.1, -0.05) is 182 Å². The summed E-state index contributed by atoms with van der Waals surface area (Å²) in [5.41, 5.74) is 4.64. The highest BCUT2D eigenvalue weighted by molar-refractivity contribution is 7.85. The summed E-state index contributed by atoms with van der Waals surface area (Å²) in [6.07, 6.45) is 0. The summed E-state index contributed by atoms with van der Waals surface area (Å²) >= 11 is 0. The van der Waals surface area contributed by atoms with Crippen molar-refractivity contribution in [3.8, 4) is 22.3 Å². The molecule has 9 rings (SSSR count). The van der Waals surface area contributed by atoms with Crippen molar-refractivity contribution in [2.24, 2.45) is 0 Å². The van der Waals surface area contributed by atoms with E-state index < -0.39 is 7.14 Å². The minimum atomic E-state index is -3.01. The van der Waals surface area contributed by atoms with E-state index in [2.05, 4.69) is 115 Å². The molecule has 0 fully saturated rings. The molecule has 0 aliphatic heterocycles. The van der Waals surface area contributed by atoms with Crippen LogP contribution in [0.25, 0.3) is 65.3 Å². The summed E-state index contributed by atoms with van der Waals surface area (Å²) in [5.74, 6) is 0. The third-order valence-electron chi connectivity index (χ3n) is 9.76. The maximum absolute atomic E-state index is 14.8. The zero-order chi connectivity index (χ0) is 32.1. The van der Waals surface area contributed by atoms with Crippen LogP contribution < -0.4 is 15.9 Å². The lowest BCUT2D eigenvalue weighted by Crippen LogP contribution is -2.24. The van der Waals surface area contributed by atoms with Crippen LogP contribution in [0.1, 0.15) is 0 Å². The van der Waals surface area contributed by atoms with E-state index in [1.165, 1.54) is 54.2 Å². The first kappa shape index (κ1) is 28.5. The fourth-order valence-electron chi connectivity index (χ4n) is 7.34. The molecule has 0 bridgehead atoms. The predicted molar refractivity (Wildman–Crippen MR) is 207 cm³/mol. The van der Waals surface area contributed by atoms with Crippen LogP contribution in [-0.4, -0.2) is 0 Å². The van der Waals surface area contributed by atoms with Gasteiger partial charge >= 0.3 is 0 Å². The second-order valence-corrected chi connectivity index (χ2v) is 15.2. The van der Waals surface area contributed by atoms with Crippen molar-refractivity contribution in [3.63, 3.8) is 0 Å². The van der Waals surface area contributed by atoms with Crippen molar-refractivity contribution in [2.75, 3.05) is 0 Å². The van der Waals surface area contributed by atoms with E-state index in [1.807, 2.05) is 72.8 Å². The van der Waals surface area contributed by atoms with Crippen molar-refractivity contribution in [3.05, 3.63) is 188 Å². The average Bonchev–Trinajstić information content (AvgIpc) is 3.18. The van der Waals surface area contributed by atoms with Gasteiger partial charge in [-0.15, -0.1) is 0 Å². The molecule has 0 saturated heterocycles. The molecule has 0 aromatic heterocycles. The van der Waals surface area contributed by atoms with E-state index in [4.69, 9.17) is 0 Å². The minimum absolute atomic E-state index is 0.836. The molecule has 1 nitrogen and oxygen atoms in total. The normalized spacial score (nSPS) is 11.8. The predicted octanol–water partition coefficient (Wildman–Crippen LogP) is 11.3. The molecule has 0 atom stereocenters. The van der Waals surface area contributed by atoms with E-state index in [0.717, 1.165) is 27.0 Å². The Morgan fingerprint density at radius 2 is 0.708 bits per heavy atom. The Bertz CT molecular complexity index is 2620. The van der Waals surface area contributed by atoms with Gasteiger partial charge in [0.15, 0.2) is 7.14 Å². The molecule has 0 radical (unpaired) electrons. The molecular formula is C46H31OP. The van der Waals surface area contributed by atoms with Crippen LogP contribution >= 0.6 is 7.14 Å². The molecular weight excluding hydrogens is 599 g/mol. The molecule has 48 heavy (non-hydrogen) atoms. The van der Waals surface area contributed by atoms with Crippen LogP contribution in [-0.2, 0) is 4.57 Å². The molecule has 226 valence electrons. The largest absolute Gasteiger partial charge is 0.309 e. The Kier molecular flexibility index (Phi) is 6.82. The lowest BCUT2D eigenvalue weighted by atomic mass is 9.89. The second kappa shape index (κ2) is 11.5. The van der Waals surface area contributed by atoms with Crippen LogP contribution in [0.3, 0.4) is 0 Å². The quantitative estimate of drug-likeness (QED) is 0.137. The van der Waals surface area contributed by atoms with Crippen molar-refractivity contribution < 1.29 is 4.57 Å². The Labute approximate surface area is 280 Å². The molecule has 0 aliphatic rings. The minimum Gasteiger partial charge on any atom is -0.309 e. The summed E-state index contributed by atoms with van der Waals surface area (Å²) in [6, 6.07) is 65.7. The first-order valence-corrected chi connectivity index (χ1v) is 18.1. The van der Waals surface area contributed by atoms with E-state index in [1.54, 1.807) is 0 Å². The highest BCUT2D eigenvalue weighted by Crippen LogP contribution is 2.43. The van der Waals surface area contributed by atoms with Gasteiger partial charge in [-0.05, 0) is 71.4 Å². The van der Waals surface area contributed by atoms with Gasteiger partial charge in [0.25, 0.3) is 0 Å². The van der Waals surface area contributed by atoms with E-state index in [0.29, 0.717) is 0 Å². The van der Waals surface area contributed by atoms with E-state index in [9.17, 15) is 4.57 Å². The van der Waals surface area contributed by atoms with Crippen LogP contribution in [0, 0.1) is 0 Å². The first-order valence-electron chi connectivity index (χ1n) is 16.4. The molecule has 0 N–H and O–H groups in total. The summed E-state index contributed by atoms with van der Waals surface area (Å²) < 4.78 is 14.8. The third kappa shape index (κ3) is 4.59. The topological polar surface area (TPSA) is 17.1 Å². The standard InChI is InChI=1S/C46H31OP/c47-48(36-12-3-1-4-13-36,37-14-5-2-6-15-37)38-26-23-33(24-27-38)32-19-21-35(22-20-32)45-31-46-43-28-25-34-11-7-8-16-39(34)42(43)29-30-44(46)40-17-9-10-18-41(40)45/h1-31H. The van der Waals surface area contributed by atoms with Crippen LogP contribution in [0.2, 0.25) is 0 Å². The number of rotatable bonds is 5. The molecule has 0 heterocycles. The van der Waals surface area contributed by atoms with E-state index >= 15 is 0 Å². The van der Waals surface area contributed by atoms with Crippen molar-refractivity contribution >= 4 is 66.1 Å². The van der Waals surface area contributed by atoms with Gasteiger partial charge in [0, 0.05) is 15.9 Å². The van der Waals surface area contributed by atoms with Gasteiger partial charge < -0.3 is 4.57 Å². The van der Waals surface area contributed by atoms with Gasteiger partial charge in [0.2, 0.25) is 0 Å². The number of hydrogen-bond acceptors (Lipinski definition) is 1. The number of hydrogen-bond donors (Lipinski definition) is 0. The summed E-state index contributed by atoms with van der Waals surface area (Å²) in [7, 11) is -3.01. The lowest BCUT2D eigenvalue weighted by molar-refractivity contribution is 0.592. The number of benzene rings is 9. The molecule has 2 heteroatoms. The summed E-state index contributed by atoms with van der Waals surface area (Å²) in [5, 5.41) is 12.7. The smallest absolute Gasteiger partial charge is 0.171 e. The van der Waals surface area contributed by atoms with E-state index in [-0.39, 0.29) is 0 Å². The molecule has 9 aromatic rings. The van der Waals surface area contributed by atoms with Gasteiger partial charge in [-0.2, -0.15) is 0 Å². The van der Waals surface area contributed by atoms with Gasteiger partial charge in [-0.3, -0.25) is 0 Å². The van der Waals surface area contributed by atoms with Crippen molar-refractivity contribution in [1.82, 2.24) is 0 Å². The maximum atomic E-state index is 14.8. The zero-order valence-electron chi connectivity index (χ0n) is 26.3. The molecule has 0 spiro atoms.